The van der Waals surface area contributed by atoms with Crippen molar-refractivity contribution in [3.8, 4) is 0 Å². The van der Waals surface area contributed by atoms with Gasteiger partial charge in [0.15, 0.2) is 0 Å². The van der Waals surface area contributed by atoms with Crippen LogP contribution in [0.4, 0.5) is 0 Å². The van der Waals surface area contributed by atoms with Gasteiger partial charge in [-0.25, -0.2) is 0 Å². The van der Waals surface area contributed by atoms with Gasteiger partial charge >= 0.3 is 0 Å². The zero-order valence-electron chi connectivity index (χ0n) is 16.6. The molecule has 0 spiro atoms. The Balaban J connectivity index is 1.15. The van der Waals surface area contributed by atoms with Gasteiger partial charge in [0, 0.05) is 32.2 Å². The normalized spacial score (nSPS) is 22.5. The molecule has 2 saturated heterocycles. The third kappa shape index (κ3) is 5.22. The van der Waals surface area contributed by atoms with Crippen LogP contribution < -0.4 is 5.32 Å². The monoisotopic (exact) mass is 367 g/mol. The molecule has 27 heavy (non-hydrogen) atoms. The predicted molar refractivity (Wildman–Crippen MR) is 110 cm³/mol. The highest BCUT2D eigenvalue weighted by molar-refractivity contribution is 5.25. The summed E-state index contributed by atoms with van der Waals surface area (Å²) in [5, 5.41) is 3.86. The summed E-state index contributed by atoms with van der Waals surface area (Å²) < 4.78 is 5.48. The first-order valence-electron chi connectivity index (χ1n) is 10.5. The third-order valence-corrected chi connectivity index (χ3v) is 6.27. The molecule has 0 radical (unpaired) electrons. The molecule has 4 heteroatoms. The van der Waals surface area contributed by atoms with E-state index in [9.17, 15) is 0 Å². The van der Waals surface area contributed by atoms with E-state index in [1.165, 1.54) is 63.1 Å². The van der Waals surface area contributed by atoms with E-state index in [0.29, 0.717) is 6.04 Å². The first-order chi connectivity index (χ1) is 13.3. The number of likely N-dealkylation sites (tertiary alicyclic amines) is 2. The van der Waals surface area contributed by atoms with E-state index < -0.39 is 0 Å². The lowest BCUT2D eigenvalue weighted by Crippen LogP contribution is -2.43. The van der Waals surface area contributed by atoms with E-state index in [-0.39, 0.29) is 0 Å². The minimum atomic E-state index is 0.684. The van der Waals surface area contributed by atoms with Crippen LogP contribution in [-0.2, 0) is 13.1 Å². The van der Waals surface area contributed by atoms with Gasteiger partial charge in [0.2, 0.25) is 0 Å². The number of piperidine rings is 1. The standard InChI is InChI=1S/C23H33N3O/c1-19-5-2-3-6-21(19)17-26-11-8-20(16-26)15-24-22-9-12-25(13-10-22)18-23-7-4-14-27-23/h2-7,14,20,22,24H,8-13,15-18H2,1H3. The molecule has 2 aliphatic heterocycles. The molecule has 146 valence electrons. The Labute approximate surface area is 163 Å². The highest BCUT2D eigenvalue weighted by atomic mass is 16.3. The first-order valence-corrected chi connectivity index (χ1v) is 10.5. The quantitative estimate of drug-likeness (QED) is 0.809. The first kappa shape index (κ1) is 18.7. The van der Waals surface area contributed by atoms with Crippen molar-refractivity contribution in [1.82, 2.24) is 15.1 Å². The van der Waals surface area contributed by atoms with E-state index >= 15 is 0 Å². The molecule has 0 amide bonds. The highest BCUT2D eigenvalue weighted by Crippen LogP contribution is 2.21. The summed E-state index contributed by atoms with van der Waals surface area (Å²) in [4.78, 5) is 5.14. The van der Waals surface area contributed by atoms with Crippen LogP contribution in [0.1, 0.15) is 36.1 Å². The summed E-state index contributed by atoms with van der Waals surface area (Å²) in [6.45, 7) is 10.3. The Morgan fingerprint density at radius 3 is 2.56 bits per heavy atom. The van der Waals surface area contributed by atoms with Gasteiger partial charge < -0.3 is 9.73 Å². The maximum atomic E-state index is 5.48. The maximum absolute atomic E-state index is 5.48. The number of nitrogens with zero attached hydrogens (tertiary/aromatic N) is 2. The van der Waals surface area contributed by atoms with Crippen LogP contribution in [0.15, 0.2) is 47.1 Å². The van der Waals surface area contributed by atoms with E-state index in [1.54, 1.807) is 6.26 Å². The van der Waals surface area contributed by atoms with Gasteiger partial charge in [-0.1, -0.05) is 24.3 Å². The summed E-state index contributed by atoms with van der Waals surface area (Å²) in [5.41, 5.74) is 2.90. The second kappa shape index (κ2) is 9.05. The van der Waals surface area contributed by atoms with E-state index in [0.717, 1.165) is 24.8 Å². The molecule has 2 fully saturated rings. The van der Waals surface area contributed by atoms with Gasteiger partial charge in [0.25, 0.3) is 0 Å². The molecule has 1 N–H and O–H groups in total. The topological polar surface area (TPSA) is 31.6 Å². The molecule has 0 saturated carbocycles. The minimum absolute atomic E-state index is 0.684. The summed E-state index contributed by atoms with van der Waals surface area (Å²) in [6, 6.07) is 13.5. The molecule has 1 aromatic heterocycles. The van der Waals surface area contributed by atoms with Crippen LogP contribution in [0.3, 0.4) is 0 Å². The SMILES string of the molecule is Cc1ccccc1CN1CCC(CNC2CCN(Cc3ccco3)CC2)C1. The minimum Gasteiger partial charge on any atom is -0.468 e. The molecule has 1 aromatic carbocycles. The molecule has 2 aromatic rings. The number of hydrogen-bond donors (Lipinski definition) is 1. The molecule has 3 heterocycles. The van der Waals surface area contributed by atoms with E-state index in [2.05, 4.69) is 52.4 Å². The van der Waals surface area contributed by atoms with Crippen LogP contribution >= 0.6 is 0 Å². The van der Waals surface area contributed by atoms with Crippen molar-refractivity contribution in [1.29, 1.82) is 0 Å². The fourth-order valence-corrected chi connectivity index (χ4v) is 4.50. The van der Waals surface area contributed by atoms with Crippen molar-refractivity contribution in [3.63, 3.8) is 0 Å². The Bertz CT molecular complexity index is 691. The summed E-state index contributed by atoms with van der Waals surface area (Å²) in [5.74, 6) is 1.89. The lowest BCUT2D eigenvalue weighted by Gasteiger charge is -2.32. The maximum Gasteiger partial charge on any atom is 0.117 e. The summed E-state index contributed by atoms with van der Waals surface area (Å²) >= 11 is 0. The fraction of sp³-hybridized carbons (Fsp3) is 0.565. The highest BCUT2D eigenvalue weighted by Gasteiger charge is 2.25. The lowest BCUT2D eigenvalue weighted by atomic mass is 10.0. The van der Waals surface area contributed by atoms with Gasteiger partial charge in [-0.2, -0.15) is 0 Å². The molecule has 0 bridgehead atoms. The number of rotatable bonds is 7. The Kier molecular flexibility index (Phi) is 6.28. The Hall–Kier alpha value is -1.62. The van der Waals surface area contributed by atoms with Crippen molar-refractivity contribution in [2.75, 3.05) is 32.7 Å². The van der Waals surface area contributed by atoms with Crippen LogP contribution in [0.25, 0.3) is 0 Å². The number of hydrogen-bond acceptors (Lipinski definition) is 4. The van der Waals surface area contributed by atoms with Gasteiger partial charge in [-0.15, -0.1) is 0 Å². The Morgan fingerprint density at radius 1 is 0.963 bits per heavy atom. The second-order valence-electron chi connectivity index (χ2n) is 8.35. The zero-order valence-corrected chi connectivity index (χ0v) is 16.6. The van der Waals surface area contributed by atoms with E-state index in [4.69, 9.17) is 4.42 Å². The molecule has 0 aliphatic carbocycles. The molecule has 2 aliphatic rings. The van der Waals surface area contributed by atoms with Crippen molar-refractivity contribution in [2.45, 2.75) is 45.3 Å². The molecule has 4 rings (SSSR count). The molecule has 1 unspecified atom stereocenters. The van der Waals surface area contributed by atoms with Gasteiger partial charge in [0.1, 0.15) is 5.76 Å². The molecule has 1 atom stereocenters. The van der Waals surface area contributed by atoms with Crippen LogP contribution in [0, 0.1) is 12.8 Å². The van der Waals surface area contributed by atoms with Crippen LogP contribution in [0.2, 0.25) is 0 Å². The van der Waals surface area contributed by atoms with Crippen molar-refractivity contribution >= 4 is 0 Å². The molecule has 4 nitrogen and oxygen atoms in total. The van der Waals surface area contributed by atoms with Gasteiger partial charge in [-0.05, 0) is 68.5 Å². The van der Waals surface area contributed by atoms with Gasteiger partial charge in [-0.3, -0.25) is 9.80 Å². The largest absolute Gasteiger partial charge is 0.468 e. The predicted octanol–water partition coefficient (Wildman–Crippen LogP) is 3.66. The van der Waals surface area contributed by atoms with Crippen molar-refractivity contribution < 1.29 is 4.42 Å². The number of furan rings is 1. The fourth-order valence-electron chi connectivity index (χ4n) is 4.50. The molecular weight excluding hydrogens is 334 g/mol. The van der Waals surface area contributed by atoms with Crippen molar-refractivity contribution in [3.05, 3.63) is 59.5 Å². The summed E-state index contributed by atoms with van der Waals surface area (Å²) in [7, 11) is 0. The Morgan fingerprint density at radius 2 is 1.78 bits per heavy atom. The number of nitrogens with one attached hydrogen (secondary N) is 1. The van der Waals surface area contributed by atoms with Crippen molar-refractivity contribution in [2.24, 2.45) is 5.92 Å². The van der Waals surface area contributed by atoms with Crippen LogP contribution in [-0.4, -0.2) is 48.6 Å². The second-order valence-corrected chi connectivity index (χ2v) is 8.35. The number of benzene rings is 1. The van der Waals surface area contributed by atoms with Gasteiger partial charge in [0.05, 0.1) is 12.8 Å². The summed E-state index contributed by atoms with van der Waals surface area (Å²) in [6.07, 6.45) is 5.60. The zero-order chi connectivity index (χ0) is 18.5. The van der Waals surface area contributed by atoms with Crippen LogP contribution in [0.5, 0.6) is 0 Å². The average molecular weight is 368 g/mol. The smallest absolute Gasteiger partial charge is 0.117 e. The average Bonchev–Trinajstić information content (AvgIpc) is 3.35. The number of aryl methyl sites for hydroxylation is 1. The molecular formula is C23H33N3O. The lowest BCUT2D eigenvalue weighted by molar-refractivity contribution is 0.176. The van der Waals surface area contributed by atoms with E-state index in [1.807, 2.05) is 6.07 Å². The third-order valence-electron chi connectivity index (χ3n) is 6.27.